The second-order valence-electron chi connectivity index (χ2n) is 10.9. The van der Waals surface area contributed by atoms with E-state index in [9.17, 15) is 13.6 Å². The van der Waals surface area contributed by atoms with Gasteiger partial charge in [-0.25, -0.2) is 18.7 Å². The van der Waals surface area contributed by atoms with Crippen LogP contribution in [0.4, 0.5) is 20.4 Å². The van der Waals surface area contributed by atoms with E-state index in [1.54, 1.807) is 36.5 Å². The van der Waals surface area contributed by atoms with E-state index in [1.165, 1.54) is 18.2 Å². The first-order valence-corrected chi connectivity index (χ1v) is 14.4. The number of rotatable bonds is 5. The summed E-state index contributed by atoms with van der Waals surface area (Å²) in [5.41, 5.74) is 3.67. The zero-order valence-corrected chi connectivity index (χ0v) is 23.3. The van der Waals surface area contributed by atoms with Gasteiger partial charge in [0, 0.05) is 51.7 Å². The van der Waals surface area contributed by atoms with Gasteiger partial charge in [-0.05, 0) is 80.4 Å². The maximum Gasteiger partial charge on any atom is 0.251 e. The fourth-order valence-corrected chi connectivity index (χ4v) is 6.31. The van der Waals surface area contributed by atoms with Crippen LogP contribution >= 0.6 is 11.6 Å². The molecule has 1 atom stereocenters. The number of carbonyl (C=O) groups is 1. The van der Waals surface area contributed by atoms with Crippen LogP contribution in [-0.4, -0.2) is 52.2 Å². The lowest BCUT2D eigenvalue weighted by Crippen LogP contribution is -2.57. The molecule has 10 heteroatoms. The lowest BCUT2D eigenvalue weighted by atomic mass is 9.84. The van der Waals surface area contributed by atoms with Crippen molar-refractivity contribution in [1.29, 1.82) is 0 Å². The van der Waals surface area contributed by atoms with Gasteiger partial charge >= 0.3 is 0 Å². The number of halogens is 3. The molecule has 1 aromatic heterocycles. The predicted octanol–water partition coefficient (Wildman–Crippen LogP) is 6.63. The van der Waals surface area contributed by atoms with E-state index in [0.29, 0.717) is 50.5 Å². The van der Waals surface area contributed by atoms with Gasteiger partial charge in [0.1, 0.15) is 11.6 Å². The minimum atomic E-state index is -0.708. The Morgan fingerprint density at radius 2 is 1.72 bits per heavy atom. The SMILES string of the molecule is C.O=C(NC1CN2CCC1CC2)c1ccc(Nc2ncc3c(n2)-c2ccc(Cl)cc2C(c2c(F)cccc2F)=NC3)cc1. The number of benzene rings is 3. The number of fused-ring (bicyclic) bond motifs is 6. The fraction of sp³-hybridized carbons (Fsp3) is 0.273. The van der Waals surface area contributed by atoms with Gasteiger partial charge in [-0.1, -0.05) is 31.2 Å². The lowest BCUT2D eigenvalue weighted by Gasteiger charge is -2.44. The van der Waals surface area contributed by atoms with Crippen molar-refractivity contribution in [3.05, 3.63) is 106 Å². The van der Waals surface area contributed by atoms with Crippen molar-refractivity contribution >= 4 is 34.9 Å². The number of hydrogen-bond donors (Lipinski definition) is 2. The highest BCUT2D eigenvalue weighted by Crippen LogP contribution is 2.35. The molecule has 43 heavy (non-hydrogen) atoms. The number of aliphatic imine (C=N–C) groups is 1. The quantitative estimate of drug-likeness (QED) is 0.269. The second-order valence-corrected chi connectivity index (χ2v) is 11.4. The van der Waals surface area contributed by atoms with E-state index in [4.69, 9.17) is 16.6 Å². The number of aromatic nitrogens is 2. The lowest BCUT2D eigenvalue weighted by molar-refractivity contribution is 0.0620. The summed E-state index contributed by atoms with van der Waals surface area (Å²) in [5, 5.41) is 6.83. The molecular weight excluding hydrogens is 570 g/mol. The molecule has 8 rings (SSSR count). The van der Waals surface area contributed by atoms with Gasteiger partial charge in [-0.2, -0.15) is 0 Å². The molecule has 4 aromatic rings. The number of anilines is 2. The maximum atomic E-state index is 14.8. The van der Waals surface area contributed by atoms with E-state index in [1.807, 2.05) is 12.1 Å². The molecular formula is C33H31ClF2N6O. The normalized spacial score (nSPS) is 20.2. The standard InChI is InChI=1S/C32H27ClF2N6O.CH4/c33-21-6-9-23-24(14-21)30(28-25(34)2-1-3-26(28)35)36-15-20-16-37-32(40-29(20)23)38-22-7-4-19(5-8-22)31(42)39-27-17-41-12-10-18(27)11-13-41;/h1-9,14,16,18,27H,10-13,15,17H2,(H,39,42)(H,37,38,40);1H4. The van der Waals surface area contributed by atoms with Crippen LogP contribution in [0.15, 0.2) is 71.9 Å². The summed E-state index contributed by atoms with van der Waals surface area (Å²) in [4.78, 5) is 29.1. The van der Waals surface area contributed by atoms with E-state index in [2.05, 4.69) is 25.5 Å². The summed E-state index contributed by atoms with van der Waals surface area (Å²) < 4.78 is 29.6. The van der Waals surface area contributed by atoms with Crippen LogP contribution in [0.25, 0.3) is 11.3 Å². The Labute approximate surface area is 254 Å². The van der Waals surface area contributed by atoms with Gasteiger partial charge in [-0.3, -0.25) is 9.79 Å². The number of amides is 1. The van der Waals surface area contributed by atoms with Crippen LogP contribution in [0.1, 0.15) is 47.3 Å². The summed E-state index contributed by atoms with van der Waals surface area (Å²) in [7, 11) is 0. The molecule has 5 heterocycles. The van der Waals surface area contributed by atoms with E-state index in [0.717, 1.165) is 32.5 Å². The Kier molecular flexibility index (Phi) is 7.94. The number of carbonyl (C=O) groups excluding carboxylic acids is 1. The Balaban J connectivity index is 0.00000329. The average molecular weight is 601 g/mol. The molecule has 0 spiro atoms. The van der Waals surface area contributed by atoms with Gasteiger partial charge in [-0.15, -0.1) is 0 Å². The van der Waals surface area contributed by atoms with E-state index >= 15 is 0 Å². The van der Waals surface area contributed by atoms with E-state index in [-0.39, 0.29) is 37.2 Å². The number of nitrogens with one attached hydrogen (secondary N) is 2. The molecule has 2 bridgehead atoms. The molecule has 4 aliphatic rings. The largest absolute Gasteiger partial charge is 0.348 e. The van der Waals surface area contributed by atoms with Crippen molar-refractivity contribution < 1.29 is 13.6 Å². The van der Waals surface area contributed by atoms with Crippen LogP contribution in [-0.2, 0) is 6.54 Å². The zero-order valence-electron chi connectivity index (χ0n) is 22.6. The Bertz CT molecular complexity index is 1700. The topological polar surface area (TPSA) is 82.5 Å². The van der Waals surface area contributed by atoms with Crippen molar-refractivity contribution in [2.45, 2.75) is 32.9 Å². The zero-order chi connectivity index (χ0) is 28.8. The predicted molar refractivity (Wildman–Crippen MR) is 165 cm³/mol. The molecule has 3 fully saturated rings. The van der Waals surface area contributed by atoms with Gasteiger partial charge in [0.15, 0.2) is 0 Å². The van der Waals surface area contributed by atoms with Crippen molar-refractivity contribution in [3.8, 4) is 11.3 Å². The van der Waals surface area contributed by atoms with Crippen LogP contribution in [0.2, 0.25) is 5.02 Å². The van der Waals surface area contributed by atoms with Crippen LogP contribution in [0.5, 0.6) is 0 Å². The molecule has 0 aliphatic carbocycles. The number of hydrogen-bond acceptors (Lipinski definition) is 6. The van der Waals surface area contributed by atoms with Gasteiger partial charge in [0.2, 0.25) is 5.95 Å². The van der Waals surface area contributed by atoms with Gasteiger partial charge in [0.25, 0.3) is 5.91 Å². The molecule has 220 valence electrons. The smallest absolute Gasteiger partial charge is 0.251 e. The summed E-state index contributed by atoms with van der Waals surface area (Å²) >= 11 is 6.32. The Hall–Kier alpha value is -4.21. The van der Waals surface area contributed by atoms with Gasteiger partial charge < -0.3 is 15.5 Å². The fourth-order valence-electron chi connectivity index (χ4n) is 6.14. The van der Waals surface area contributed by atoms with Crippen molar-refractivity contribution in [2.75, 3.05) is 25.0 Å². The number of piperidine rings is 3. The van der Waals surface area contributed by atoms with Crippen molar-refractivity contribution in [2.24, 2.45) is 10.9 Å². The summed E-state index contributed by atoms with van der Waals surface area (Å²) in [6.07, 6.45) is 3.93. The molecule has 1 unspecified atom stereocenters. The van der Waals surface area contributed by atoms with Crippen LogP contribution < -0.4 is 10.6 Å². The third kappa shape index (κ3) is 5.62. The minimum Gasteiger partial charge on any atom is -0.348 e. The first-order valence-electron chi connectivity index (χ1n) is 14.0. The van der Waals surface area contributed by atoms with Crippen molar-refractivity contribution in [3.63, 3.8) is 0 Å². The highest BCUT2D eigenvalue weighted by Gasteiger charge is 2.35. The van der Waals surface area contributed by atoms with Gasteiger partial charge in [0.05, 0.1) is 23.5 Å². The molecule has 7 nitrogen and oxygen atoms in total. The molecule has 0 radical (unpaired) electrons. The molecule has 3 saturated heterocycles. The Morgan fingerprint density at radius 1 is 0.977 bits per heavy atom. The summed E-state index contributed by atoms with van der Waals surface area (Å²) in [6.45, 7) is 3.30. The third-order valence-electron chi connectivity index (χ3n) is 8.34. The first kappa shape index (κ1) is 28.9. The monoisotopic (exact) mass is 600 g/mol. The van der Waals surface area contributed by atoms with Crippen LogP contribution in [0.3, 0.4) is 0 Å². The van der Waals surface area contributed by atoms with E-state index < -0.39 is 11.6 Å². The summed E-state index contributed by atoms with van der Waals surface area (Å²) in [6, 6.07) is 16.2. The molecule has 3 aromatic carbocycles. The van der Waals surface area contributed by atoms with Crippen molar-refractivity contribution in [1.82, 2.24) is 20.2 Å². The minimum absolute atomic E-state index is 0. The molecule has 1 amide bonds. The maximum absolute atomic E-state index is 14.8. The first-order chi connectivity index (χ1) is 20.4. The number of nitrogens with zero attached hydrogens (tertiary/aromatic N) is 4. The van der Waals surface area contributed by atoms with Crippen LogP contribution in [0, 0.1) is 17.6 Å². The Morgan fingerprint density at radius 3 is 2.42 bits per heavy atom. The molecule has 2 N–H and O–H groups in total. The third-order valence-corrected chi connectivity index (χ3v) is 8.57. The molecule has 0 saturated carbocycles. The average Bonchev–Trinajstić information content (AvgIpc) is 3.14. The second kappa shape index (κ2) is 11.8. The summed E-state index contributed by atoms with van der Waals surface area (Å²) in [5.74, 6) is -0.600. The highest BCUT2D eigenvalue weighted by molar-refractivity contribution is 6.31. The molecule has 4 aliphatic heterocycles. The highest BCUT2D eigenvalue weighted by atomic mass is 35.5.